The Balaban J connectivity index is 1.72. The number of rotatable bonds is 8. The number of aliphatic hydroxyl groups excluding tert-OH is 1. The van der Waals surface area contributed by atoms with E-state index in [1.165, 1.54) is 17.0 Å². The van der Waals surface area contributed by atoms with Crippen molar-refractivity contribution in [1.82, 2.24) is 9.88 Å². The van der Waals surface area contributed by atoms with Crippen molar-refractivity contribution in [3.63, 3.8) is 0 Å². The topological polar surface area (TPSA) is 79.7 Å². The number of carbonyl (C=O) groups is 2. The summed E-state index contributed by atoms with van der Waals surface area (Å²) in [6, 6.07) is 15.5. The zero-order chi connectivity index (χ0) is 24.1. The van der Waals surface area contributed by atoms with Gasteiger partial charge in [0.25, 0.3) is 11.7 Å². The third kappa shape index (κ3) is 4.83. The molecule has 3 aromatic rings. The van der Waals surface area contributed by atoms with Gasteiger partial charge in [0, 0.05) is 24.5 Å². The molecular weight excluding hydrogens is 435 g/mol. The van der Waals surface area contributed by atoms with E-state index in [9.17, 15) is 19.1 Å². The van der Waals surface area contributed by atoms with E-state index in [0.717, 1.165) is 12.0 Å². The highest BCUT2D eigenvalue weighted by atomic mass is 19.1. The summed E-state index contributed by atoms with van der Waals surface area (Å²) in [6.45, 7) is 2.74. The number of hydrogen-bond donors (Lipinski definition) is 1. The second-order valence-corrected chi connectivity index (χ2v) is 8.03. The molecule has 1 aliphatic rings. The van der Waals surface area contributed by atoms with Crippen molar-refractivity contribution in [2.24, 2.45) is 0 Å². The van der Waals surface area contributed by atoms with Gasteiger partial charge in [-0.15, -0.1) is 0 Å². The fourth-order valence-electron chi connectivity index (χ4n) is 4.01. The molecule has 1 fully saturated rings. The molecule has 0 spiro atoms. The SMILES string of the molecule is CCCOc1cccc(/C(O)=C2/C(=O)C(=O)N(CCc3ccc(F)cc3)C2c2ccncc2)c1. The molecule has 0 saturated carbocycles. The van der Waals surface area contributed by atoms with Crippen molar-refractivity contribution in [3.8, 4) is 5.75 Å². The predicted molar refractivity (Wildman–Crippen MR) is 126 cm³/mol. The minimum atomic E-state index is -0.774. The molecule has 1 amide bonds. The van der Waals surface area contributed by atoms with Crippen molar-refractivity contribution < 1.29 is 23.8 Å². The van der Waals surface area contributed by atoms with Crippen molar-refractivity contribution in [2.75, 3.05) is 13.2 Å². The van der Waals surface area contributed by atoms with Crippen LogP contribution >= 0.6 is 0 Å². The maximum absolute atomic E-state index is 13.3. The number of amides is 1. The van der Waals surface area contributed by atoms with Crippen LogP contribution in [0.1, 0.15) is 36.1 Å². The summed E-state index contributed by atoms with van der Waals surface area (Å²) in [5, 5.41) is 11.2. The summed E-state index contributed by atoms with van der Waals surface area (Å²) in [7, 11) is 0. The lowest BCUT2D eigenvalue weighted by Gasteiger charge is -2.25. The maximum Gasteiger partial charge on any atom is 0.295 e. The van der Waals surface area contributed by atoms with Gasteiger partial charge in [-0.2, -0.15) is 0 Å². The first kappa shape index (κ1) is 23.2. The highest BCUT2D eigenvalue weighted by molar-refractivity contribution is 6.46. The Kier molecular flexibility index (Phi) is 7.01. The Morgan fingerprint density at radius 1 is 1.09 bits per heavy atom. The van der Waals surface area contributed by atoms with Crippen LogP contribution in [0.5, 0.6) is 5.75 Å². The second kappa shape index (κ2) is 10.3. The van der Waals surface area contributed by atoms with Crippen molar-refractivity contribution in [3.05, 3.63) is 101 Å². The molecule has 34 heavy (non-hydrogen) atoms. The van der Waals surface area contributed by atoms with E-state index in [4.69, 9.17) is 4.74 Å². The molecule has 1 unspecified atom stereocenters. The number of aliphatic hydroxyl groups is 1. The van der Waals surface area contributed by atoms with Crippen LogP contribution < -0.4 is 4.74 Å². The van der Waals surface area contributed by atoms with E-state index in [2.05, 4.69) is 4.98 Å². The lowest BCUT2D eigenvalue weighted by atomic mass is 9.95. The normalized spacial score (nSPS) is 17.2. The largest absolute Gasteiger partial charge is 0.507 e. The Labute approximate surface area is 197 Å². The Morgan fingerprint density at radius 3 is 2.53 bits per heavy atom. The number of aromatic nitrogens is 1. The number of benzene rings is 2. The van der Waals surface area contributed by atoms with Gasteiger partial charge in [-0.1, -0.05) is 31.2 Å². The molecule has 1 atom stereocenters. The van der Waals surface area contributed by atoms with Crippen LogP contribution in [0.3, 0.4) is 0 Å². The molecular formula is C27H25FN2O4. The highest BCUT2D eigenvalue weighted by Gasteiger charge is 2.45. The molecule has 0 aliphatic carbocycles. The van der Waals surface area contributed by atoms with Gasteiger partial charge in [-0.05, 0) is 60.4 Å². The molecule has 0 bridgehead atoms. The summed E-state index contributed by atoms with van der Waals surface area (Å²) < 4.78 is 18.9. The van der Waals surface area contributed by atoms with Gasteiger partial charge in [-0.3, -0.25) is 14.6 Å². The first-order chi connectivity index (χ1) is 16.5. The molecule has 1 aromatic heterocycles. The van der Waals surface area contributed by atoms with Gasteiger partial charge in [0.2, 0.25) is 0 Å². The number of carbonyl (C=O) groups excluding carboxylic acids is 2. The van der Waals surface area contributed by atoms with Gasteiger partial charge in [-0.25, -0.2) is 4.39 Å². The minimum Gasteiger partial charge on any atom is -0.507 e. The van der Waals surface area contributed by atoms with Crippen molar-refractivity contribution >= 4 is 17.4 Å². The number of Topliss-reactive ketones (excluding diaryl/α,β-unsaturated/α-hetero) is 1. The predicted octanol–water partition coefficient (Wildman–Crippen LogP) is 4.67. The lowest BCUT2D eigenvalue weighted by Crippen LogP contribution is -2.31. The number of hydrogen-bond acceptors (Lipinski definition) is 5. The number of pyridine rings is 1. The Hall–Kier alpha value is -4.00. The van der Waals surface area contributed by atoms with Crippen LogP contribution in [0.4, 0.5) is 4.39 Å². The van der Waals surface area contributed by atoms with Gasteiger partial charge in [0.05, 0.1) is 18.2 Å². The highest BCUT2D eigenvalue weighted by Crippen LogP contribution is 2.39. The molecule has 0 radical (unpaired) electrons. The summed E-state index contributed by atoms with van der Waals surface area (Å²) in [4.78, 5) is 31.7. The fourth-order valence-corrected chi connectivity index (χ4v) is 4.01. The first-order valence-corrected chi connectivity index (χ1v) is 11.2. The average Bonchev–Trinajstić information content (AvgIpc) is 3.12. The smallest absolute Gasteiger partial charge is 0.295 e. The van der Waals surface area contributed by atoms with Crippen LogP contribution in [0.25, 0.3) is 5.76 Å². The molecule has 4 rings (SSSR count). The fraction of sp³-hybridized carbons (Fsp3) is 0.222. The molecule has 2 aromatic carbocycles. The summed E-state index contributed by atoms with van der Waals surface area (Å²) in [5.74, 6) is -1.48. The van der Waals surface area contributed by atoms with E-state index < -0.39 is 17.7 Å². The van der Waals surface area contributed by atoms with E-state index in [1.807, 2.05) is 6.92 Å². The number of halogens is 1. The first-order valence-electron chi connectivity index (χ1n) is 11.2. The summed E-state index contributed by atoms with van der Waals surface area (Å²) in [5.41, 5.74) is 1.90. The molecule has 7 heteroatoms. The van der Waals surface area contributed by atoms with Gasteiger partial charge < -0.3 is 14.7 Å². The lowest BCUT2D eigenvalue weighted by molar-refractivity contribution is -0.139. The summed E-state index contributed by atoms with van der Waals surface area (Å²) in [6.07, 6.45) is 4.41. The van der Waals surface area contributed by atoms with Crippen LogP contribution in [0.2, 0.25) is 0 Å². The molecule has 1 N–H and O–H groups in total. The van der Waals surface area contributed by atoms with E-state index in [1.54, 1.807) is 60.9 Å². The number of ketones is 1. The van der Waals surface area contributed by atoms with Crippen LogP contribution in [0.15, 0.2) is 78.6 Å². The zero-order valence-electron chi connectivity index (χ0n) is 18.8. The quantitative estimate of drug-likeness (QED) is 0.300. The van der Waals surface area contributed by atoms with E-state index in [-0.39, 0.29) is 23.7 Å². The number of likely N-dealkylation sites (tertiary alicyclic amines) is 1. The number of ether oxygens (including phenoxy) is 1. The van der Waals surface area contributed by atoms with E-state index >= 15 is 0 Å². The Morgan fingerprint density at radius 2 is 1.82 bits per heavy atom. The third-order valence-electron chi connectivity index (χ3n) is 5.70. The molecule has 1 saturated heterocycles. The van der Waals surface area contributed by atoms with Crippen LogP contribution in [0, 0.1) is 5.82 Å². The summed E-state index contributed by atoms with van der Waals surface area (Å²) >= 11 is 0. The standard InChI is InChI=1S/C27H25FN2O4/c1-2-16-34-22-5-3-4-20(17-22)25(31)23-24(19-10-13-29-14-11-19)30(27(33)26(23)32)15-12-18-6-8-21(28)9-7-18/h3-11,13-14,17,24,31H,2,12,15-16H2,1H3/b25-23-. The molecule has 6 nitrogen and oxygen atoms in total. The van der Waals surface area contributed by atoms with Crippen LogP contribution in [-0.2, 0) is 16.0 Å². The van der Waals surface area contributed by atoms with Crippen LogP contribution in [-0.4, -0.2) is 39.8 Å². The number of nitrogens with zero attached hydrogens (tertiary/aromatic N) is 2. The maximum atomic E-state index is 13.3. The second-order valence-electron chi connectivity index (χ2n) is 8.03. The molecule has 1 aliphatic heterocycles. The average molecular weight is 461 g/mol. The van der Waals surface area contributed by atoms with Crippen molar-refractivity contribution in [2.45, 2.75) is 25.8 Å². The molecule has 2 heterocycles. The Bertz CT molecular complexity index is 1210. The molecule has 174 valence electrons. The minimum absolute atomic E-state index is 0.0166. The third-order valence-corrected chi connectivity index (χ3v) is 5.70. The van der Waals surface area contributed by atoms with Gasteiger partial charge >= 0.3 is 0 Å². The zero-order valence-corrected chi connectivity index (χ0v) is 18.8. The van der Waals surface area contributed by atoms with Gasteiger partial charge in [0.15, 0.2) is 0 Å². The van der Waals surface area contributed by atoms with Gasteiger partial charge in [0.1, 0.15) is 17.3 Å². The van der Waals surface area contributed by atoms with E-state index in [0.29, 0.717) is 29.9 Å². The monoisotopic (exact) mass is 460 g/mol. The van der Waals surface area contributed by atoms with Crippen molar-refractivity contribution in [1.29, 1.82) is 0 Å².